The van der Waals surface area contributed by atoms with Crippen molar-refractivity contribution in [1.82, 2.24) is 0 Å². The summed E-state index contributed by atoms with van der Waals surface area (Å²) in [4.78, 5) is 4.65. The Balaban J connectivity index is 0.989. The van der Waals surface area contributed by atoms with Crippen LogP contribution >= 0.6 is 0 Å². The molecule has 0 saturated carbocycles. The number of hydrogen-bond donors (Lipinski definition) is 0. The molecular formula is C50H36N2. The van der Waals surface area contributed by atoms with Crippen molar-refractivity contribution >= 4 is 78.6 Å². The molecule has 9 aromatic rings. The molecule has 9 rings (SSSR count). The molecule has 0 bridgehead atoms. The van der Waals surface area contributed by atoms with Gasteiger partial charge in [0.05, 0.1) is 0 Å². The topological polar surface area (TPSA) is 6.48 Å². The average Bonchev–Trinajstić information content (AvgIpc) is 3.21. The first kappa shape index (κ1) is 31.1. The first-order valence-corrected chi connectivity index (χ1v) is 17.8. The van der Waals surface area contributed by atoms with E-state index in [-0.39, 0.29) is 0 Å². The van der Waals surface area contributed by atoms with E-state index in [4.69, 9.17) is 0 Å². The second-order valence-electron chi connectivity index (χ2n) is 13.1. The summed E-state index contributed by atoms with van der Waals surface area (Å²) >= 11 is 0. The summed E-state index contributed by atoms with van der Waals surface area (Å²) < 4.78 is 0. The third kappa shape index (κ3) is 6.30. The highest BCUT2D eigenvalue weighted by molar-refractivity contribution is 5.94. The van der Waals surface area contributed by atoms with Crippen LogP contribution in [0.4, 0.5) is 34.1 Å². The molecule has 0 radical (unpaired) electrons. The maximum atomic E-state index is 2.34. The van der Waals surface area contributed by atoms with Crippen molar-refractivity contribution in [2.45, 2.75) is 0 Å². The van der Waals surface area contributed by atoms with Gasteiger partial charge in [-0.2, -0.15) is 0 Å². The Bertz CT molecular complexity index is 2680. The smallest absolute Gasteiger partial charge is 0.0468 e. The lowest BCUT2D eigenvalue weighted by molar-refractivity contribution is 1.29. The van der Waals surface area contributed by atoms with E-state index in [9.17, 15) is 0 Å². The van der Waals surface area contributed by atoms with Crippen molar-refractivity contribution in [3.63, 3.8) is 0 Å². The van der Waals surface area contributed by atoms with Crippen molar-refractivity contribution in [2.75, 3.05) is 9.80 Å². The van der Waals surface area contributed by atoms with Crippen LogP contribution in [0.2, 0.25) is 0 Å². The average molecular weight is 665 g/mol. The summed E-state index contributed by atoms with van der Waals surface area (Å²) in [5.74, 6) is 0. The Hall–Kier alpha value is -6.90. The molecule has 0 spiro atoms. The third-order valence-corrected chi connectivity index (χ3v) is 9.74. The largest absolute Gasteiger partial charge is 0.310 e. The minimum absolute atomic E-state index is 1.12. The van der Waals surface area contributed by atoms with Crippen molar-refractivity contribution in [1.29, 1.82) is 0 Å². The molecule has 0 aliphatic heterocycles. The summed E-state index contributed by atoms with van der Waals surface area (Å²) in [7, 11) is 0. The number of benzene rings is 9. The van der Waals surface area contributed by atoms with Gasteiger partial charge in [0.2, 0.25) is 0 Å². The van der Waals surface area contributed by atoms with Crippen LogP contribution in [0.3, 0.4) is 0 Å². The third-order valence-electron chi connectivity index (χ3n) is 9.74. The molecule has 0 aliphatic rings. The molecule has 0 N–H and O–H groups in total. The van der Waals surface area contributed by atoms with Crippen LogP contribution in [0.1, 0.15) is 11.1 Å². The standard InChI is InChI=1S/C50H36N2/c1-3-15-45(16-4-1)51(48-30-25-39-11-7-9-13-41(39)34-48)47-28-22-37(23-29-47)19-20-38-21-24-44-36-50(32-27-43(44)33-38)52(46-17-5-2-6-18-46)49-31-26-40-12-8-10-14-42(40)35-49/h1-36H/b20-19+. The molecule has 0 aliphatic carbocycles. The van der Waals surface area contributed by atoms with Crippen molar-refractivity contribution < 1.29 is 0 Å². The first-order valence-electron chi connectivity index (χ1n) is 17.8. The van der Waals surface area contributed by atoms with E-state index in [1.807, 2.05) is 0 Å². The van der Waals surface area contributed by atoms with Gasteiger partial charge in [0, 0.05) is 34.1 Å². The van der Waals surface area contributed by atoms with Gasteiger partial charge in [-0.3, -0.25) is 0 Å². The zero-order valence-electron chi connectivity index (χ0n) is 28.7. The van der Waals surface area contributed by atoms with Crippen LogP contribution in [0.25, 0.3) is 44.5 Å². The lowest BCUT2D eigenvalue weighted by Crippen LogP contribution is -2.09. The lowest BCUT2D eigenvalue weighted by atomic mass is 10.0. The van der Waals surface area contributed by atoms with Crippen molar-refractivity contribution in [3.8, 4) is 0 Å². The van der Waals surface area contributed by atoms with Crippen LogP contribution in [0.5, 0.6) is 0 Å². The minimum Gasteiger partial charge on any atom is -0.310 e. The molecule has 52 heavy (non-hydrogen) atoms. The molecule has 246 valence electrons. The normalized spacial score (nSPS) is 11.4. The molecular weight excluding hydrogens is 629 g/mol. The van der Waals surface area contributed by atoms with E-state index in [0.717, 1.165) is 39.7 Å². The Morgan fingerprint density at radius 3 is 1.10 bits per heavy atom. The number of rotatable bonds is 8. The van der Waals surface area contributed by atoms with Gasteiger partial charge < -0.3 is 9.80 Å². The van der Waals surface area contributed by atoms with Gasteiger partial charge in [0.15, 0.2) is 0 Å². The summed E-state index contributed by atoms with van der Waals surface area (Å²) in [6.45, 7) is 0. The highest BCUT2D eigenvalue weighted by Gasteiger charge is 2.15. The molecule has 0 aromatic heterocycles. The van der Waals surface area contributed by atoms with Gasteiger partial charge in [-0.05, 0) is 122 Å². The van der Waals surface area contributed by atoms with E-state index in [0.29, 0.717) is 0 Å². The van der Waals surface area contributed by atoms with E-state index < -0.39 is 0 Å². The Labute approximate surface area is 304 Å². The van der Waals surface area contributed by atoms with Crippen LogP contribution < -0.4 is 9.80 Å². The van der Waals surface area contributed by atoms with Gasteiger partial charge in [-0.1, -0.05) is 140 Å². The monoisotopic (exact) mass is 664 g/mol. The van der Waals surface area contributed by atoms with Gasteiger partial charge in [0.1, 0.15) is 0 Å². The molecule has 0 fully saturated rings. The number of fused-ring (bicyclic) bond motifs is 3. The fraction of sp³-hybridized carbons (Fsp3) is 0. The Morgan fingerprint density at radius 2 is 0.558 bits per heavy atom. The van der Waals surface area contributed by atoms with E-state index in [1.54, 1.807) is 0 Å². The first-order chi connectivity index (χ1) is 25.7. The molecule has 0 amide bonds. The molecule has 0 saturated heterocycles. The van der Waals surface area contributed by atoms with Crippen LogP contribution in [0, 0.1) is 0 Å². The van der Waals surface area contributed by atoms with Crippen LogP contribution in [-0.2, 0) is 0 Å². The quantitative estimate of drug-likeness (QED) is 0.149. The maximum Gasteiger partial charge on any atom is 0.0468 e. The van der Waals surface area contributed by atoms with E-state index >= 15 is 0 Å². The Kier molecular flexibility index (Phi) is 8.24. The maximum absolute atomic E-state index is 2.34. The number of hydrogen-bond acceptors (Lipinski definition) is 2. The van der Waals surface area contributed by atoms with Crippen LogP contribution in [0.15, 0.2) is 206 Å². The summed E-state index contributed by atoms with van der Waals surface area (Å²) in [5.41, 5.74) is 9.10. The lowest BCUT2D eigenvalue weighted by Gasteiger charge is -2.26. The zero-order valence-corrected chi connectivity index (χ0v) is 28.7. The van der Waals surface area contributed by atoms with Crippen molar-refractivity contribution in [3.05, 3.63) is 217 Å². The minimum atomic E-state index is 1.12. The van der Waals surface area contributed by atoms with Gasteiger partial charge >= 0.3 is 0 Å². The van der Waals surface area contributed by atoms with Gasteiger partial charge in [-0.15, -0.1) is 0 Å². The molecule has 0 atom stereocenters. The second-order valence-corrected chi connectivity index (χ2v) is 13.1. The molecule has 9 aromatic carbocycles. The Morgan fingerprint density at radius 1 is 0.231 bits per heavy atom. The fourth-order valence-electron chi connectivity index (χ4n) is 7.10. The molecule has 0 unspecified atom stereocenters. The summed E-state index contributed by atoms with van der Waals surface area (Å²) in [6.07, 6.45) is 4.39. The molecule has 2 heteroatoms. The second kappa shape index (κ2) is 13.8. The number of anilines is 6. The predicted octanol–water partition coefficient (Wildman–Crippen LogP) is 14.3. The van der Waals surface area contributed by atoms with E-state index in [1.165, 1.54) is 37.9 Å². The fourth-order valence-corrected chi connectivity index (χ4v) is 7.10. The molecule has 0 heterocycles. The summed E-state index contributed by atoms with van der Waals surface area (Å²) in [5, 5.41) is 7.35. The highest BCUT2D eigenvalue weighted by atomic mass is 15.1. The number of nitrogens with zero attached hydrogens (tertiary/aromatic N) is 2. The summed E-state index contributed by atoms with van der Waals surface area (Å²) in [6, 6.07) is 73.8. The number of para-hydroxylation sites is 2. The van der Waals surface area contributed by atoms with Gasteiger partial charge in [-0.25, -0.2) is 0 Å². The predicted molar refractivity (Wildman–Crippen MR) is 224 cm³/mol. The van der Waals surface area contributed by atoms with E-state index in [2.05, 4.69) is 228 Å². The zero-order chi connectivity index (χ0) is 34.7. The van der Waals surface area contributed by atoms with Gasteiger partial charge in [0.25, 0.3) is 0 Å². The van der Waals surface area contributed by atoms with Crippen molar-refractivity contribution in [2.24, 2.45) is 0 Å². The van der Waals surface area contributed by atoms with Crippen LogP contribution in [-0.4, -0.2) is 0 Å². The molecule has 2 nitrogen and oxygen atoms in total. The highest BCUT2D eigenvalue weighted by Crippen LogP contribution is 2.38. The SMILES string of the molecule is C(=C\c1ccc2cc(N(c3ccccc3)c3ccc4ccccc4c3)ccc2c1)/c1ccc(N(c2ccccc2)c2ccc3ccccc3c2)cc1.